The van der Waals surface area contributed by atoms with Crippen LogP contribution in [0.3, 0.4) is 0 Å². The van der Waals surface area contributed by atoms with Gasteiger partial charge in [-0.15, -0.1) is 12.4 Å². The summed E-state index contributed by atoms with van der Waals surface area (Å²) >= 11 is 0. The van der Waals surface area contributed by atoms with E-state index in [9.17, 15) is 9.90 Å². The molecule has 1 heterocycles. The predicted molar refractivity (Wildman–Crippen MR) is 69.7 cm³/mol. The van der Waals surface area contributed by atoms with Crippen molar-refractivity contribution in [3.63, 3.8) is 0 Å². The minimum Gasteiger partial charge on any atom is -0.480 e. The van der Waals surface area contributed by atoms with Gasteiger partial charge in [-0.2, -0.15) is 5.26 Å². The molecule has 0 amide bonds. The zero-order valence-electron chi connectivity index (χ0n) is 9.85. The van der Waals surface area contributed by atoms with Crippen LogP contribution in [0.1, 0.15) is 24.0 Å². The number of nitrogens with zero attached hydrogens (tertiary/aromatic N) is 1. The van der Waals surface area contributed by atoms with Crippen molar-refractivity contribution in [2.24, 2.45) is 0 Å². The zero-order chi connectivity index (χ0) is 12.3. The first-order valence-corrected chi connectivity index (χ1v) is 5.64. The van der Waals surface area contributed by atoms with Crippen LogP contribution in [0.4, 0.5) is 0 Å². The predicted octanol–water partition coefficient (Wildman–Crippen LogP) is 1.73. The van der Waals surface area contributed by atoms with Crippen LogP contribution in [-0.4, -0.2) is 23.2 Å². The molecule has 2 N–H and O–H groups in total. The highest BCUT2D eigenvalue weighted by Crippen LogP contribution is 2.25. The molecular formula is C13H15ClN2O2. The van der Waals surface area contributed by atoms with Gasteiger partial charge in [-0.25, -0.2) is 0 Å². The van der Waals surface area contributed by atoms with E-state index in [2.05, 4.69) is 11.4 Å². The van der Waals surface area contributed by atoms with Gasteiger partial charge < -0.3 is 10.4 Å². The van der Waals surface area contributed by atoms with Gasteiger partial charge in [-0.1, -0.05) is 18.2 Å². The van der Waals surface area contributed by atoms with Crippen LogP contribution in [0.25, 0.3) is 0 Å². The number of hydrogen-bond acceptors (Lipinski definition) is 3. The third kappa shape index (κ3) is 2.63. The molecule has 1 saturated heterocycles. The molecule has 1 atom stereocenters. The monoisotopic (exact) mass is 266 g/mol. The molecule has 0 saturated carbocycles. The normalized spacial score (nSPS) is 21.9. The minimum absolute atomic E-state index is 0. The summed E-state index contributed by atoms with van der Waals surface area (Å²) in [5.74, 6) is -0.831. The number of carboxylic acid groups (broad SMARTS) is 1. The average molecular weight is 267 g/mol. The van der Waals surface area contributed by atoms with E-state index >= 15 is 0 Å². The molecule has 1 aliphatic heterocycles. The largest absolute Gasteiger partial charge is 0.480 e. The van der Waals surface area contributed by atoms with Crippen LogP contribution in [0, 0.1) is 11.3 Å². The van der Waals surface area contributed by atoms with Gasteiger partial charge in [0.2, 0.25) is 0 Å². The molecule has 0 unspecified atom stereocenters. The molecule has 5 heteroatoms. The average Bonchev–Trinajstić information content (AvgIpc) is 2.80. The van der Waals surface area contributed by atoms with Crippen molar-refractivity contribution in [3.05, 3.63) is 35.4 Å². The fraction of sp³-hybridized carbons (Fsp3) is 0.385. The summed E-state index contributed by atoms with van der Waals surface area (Å²) < 4.78 is 0. The van der Waals surface area contributed by atoms with Gasteiger partial charge in [0, 0.05) is 6.42 Å². The van der Waals surface area contributed by atoms with E-state index in [4.69, 9.17) is 5.26 Å². The molecular weight excluding hydrogens is 252 g/mol. The van der Waals surface area contributed by atoms with E-state index in [-0.39, 0.29) is 12.4 Å². The van der Waals surface area contributed by atoms with Crippen molar-refractivity contribution >= 4 is 18.4 Å². The summed E-state index contributed by atoms with van der Waals surface area (Å²) in [6.07, 6.45) is 1.84. The first-order chi connectivity index (χ1) is 8.18. The maximum Gasteiger partial charge on any atom is 0.324 e. The van der Waals surface area contributed by atoms with Gasteiger partial charge in [0.05, 0.1) is 11.6 Å². The van der Waals surface area contributed by atoms with Gasteiger partial charge in [0.1, 0.15) is 5.54 Å². The van der Waals surface area contributed by atoms with Crippen molar-refractivity contribution < 1.29 is 9.90 Å². The Bertz CT molecular complexity index is 476. The lowest BCUT2D eigenvalue weighted by atomic mass is 9.87. The topological polar surface area (TPSA) is 73.1 Å². The summed E-state index contributed by atoms with van der Waals surface area (Å²) in [5, 5.41) is 21.4. The molecule has 4 nitrogen and oxygen atoms in total. The van der Waals surface area contributed by atoms with Crippen LogP contribution in [0.15, 0.2) is 24.3 Å². The highest BCUT2D eigenvalue weighted by molar-refractivity contribution is 5.85. The molecule has 0 spiro atoms. The number of nitriles is 1. The molecule has 2 rings (SSSR count). The van der Waals surface area contributed by atoms with Crippen LogP contribution in [0.2, 0.25) is 0 Å². The summed E-state index contributed by atoms with van der Waals surface area (Å²) in [7, 11) is 0. The number of hydrogen-bond donors (Lipinski definition) is 2. The van der Waals surface area contributed by atoms with Crippen molar-refractivity contribution in [3.8, 4) is 6.07 Å². The molecule has 0 aromatic heterocycles. The van der Waals surface area contributed by atoms with Crippen molar-refractivity contribution in [1.29, 1.82) is 5.26 Å². The first kappa shape index (κ1) is 14.5. The Hall–Kier alpha value is -1.57. The smallest absolute Gasteiger partial charge is 0.324 e. The number of rotatable bonds is 3. The molecule has 1 aliphatic rings. The number of nitrogens with one attached hydrogen (secondary N) is 1. The molecule has 1 aromatic rings. The lowest BCUT2D eigenvalue weighted by Gasteiger charge is -2.24. The number of benzene rings is 1. The maximum atomic E-state index is 11.4. The lowest BCUT2D eigenvalue weighted by molar-refractivity contribution is -0.144. The molecule has 18 heavy (non-hydrogen) atoms. The Morgan fingerprint density at radius 2 is 2.22 bits per heavy atom. The summed E-state index contributed by atoms with van der Waals surface area (Å²) in [5.41, 5.74) is 0.459. The highest BCUT2D eigenvalue weighted by atomic mass is 35.5. The van der Waals surface area contributed by atoms with Gasteiger partial charge in [0.25, 0.3) is 0 Å². The van der Waals surface area contributed by atoms with E-state index in [1.54, 1.807) is 12.1 Å². The minimum atomic E-state index is -0.896. The lowest BCUT2D eigenvalue weighted by Crippen LogP contribution is -2.49. The second kappa shape index (κ2) is 5.85. The fourth-order valence-electron chi connectivity index (χ4n) is 2.32. The quantitative estimate of drug-likeness (QED) is 0.874. The standard InChI is InChI=1S/C13H14N2O2.ClH/c14-9-11-5-2-1-4-10(11)8-13(12(16)17)6-3-7-15-13;/h1-2,4-5,15H,3,6-8H2,(H,16,17);1H/t13-;/m1./s1. The van der Waals surface area contributed by atoms with E-state index in [0.717, 1.165) is 18.5 Å². The van der Waals surface area contributed by atoms with Crippen molar-refractivity contribution in [1.82, 2.24) is 5.32 Å². The van der Waals surface area contributed by atoms with Gasteiger partial charge in [-0.3, -0.25) is 4.79 Å². The van der Waals surface area contributed by atoms with Gasteiger partial charge >= 0.3 is 5.97 Å². The molecule has 1 aromatic carbocycles. The Morgan fingerprint density at radius 1 is 1.50 bits per heavy atom. The highest BCUT2D eigenvalue weighted by Gasteiger charge is 2.41. The second-order valence-corrected chi connectivity index (χ2v) is 4.36. The van der Waals surface area contributed by atoms with E-state index in [1.165, 1.54) is 0 Å². The number of halogens is 1. The van der Waals surface area contributed by atoms with Crippen LogP contribution >= 0.6 is 12.4 Å². The van der Waals surface area contributed by atoms with Gasteiger partial charge in [0.15, 0.2) is 0 Å². The zero-order valence-corrected chi connectivity index (χ0v) is 10.7. The number of carbonyl (C=O) groups is 1. The molecule has 0 radical (unpaired) electrons. The van der Waals surface area contributed by atoms with E-state index < -0.39 is 11.5 Å². The van der Waals surface area contributed by atoms with Crippen molar-refractivity contribution in [2.45, 2.75) is 24.8 Å². The Morgan fingerprint density at radius 3 is 2.78 bits per heavy atom. The maximum absolute atomic E-state index is 11.4. The number of aliphatic carboxylic acids is 1. The van der Waals surface area contributed by atoms with E-state index in [0.29, 0.717) is 18.4 Å². The summed E-state index contributed by atoms with van der Waals surface area (Å²) in [6, 6.07) is 9.27. The second-order valence-electron chi connectivity index (χ2n) is 4.36. The van der Waals surface area contributed by atoms with Crippen molar-refractivity contribution in [2.75, 3.05) is 6.54 Å². The van der Waals surface area contributed by atoms with Gasteiger partial charge in [-0.05, 0) is 31.0 Å². The molecule has 0 bridgehead atoms. The SMILES string of the molecule is Cl.N#Cc1ccccc1C[C@@]1(C(=O)O)CCCN1. The summed E-state index contributed by atoms with van der Waals surface area (Å²) in [4.78, 5) is 11.4. The molecule has 96 valence electrons. The Kier molecular flexibility index (Phi) is 4.71. The van der Waals surface area contributed by atoms with E-state index in [1.807, 2.05) is 12.1 Å². The Labute approximate surface area is 112 Å². The third-order valence-electron chi connectivity index (χ3n) is 3.28. The molecule has 0 aliphatic carbocycles. The third-order valence-corrected chi connectivity index (χ3v) is 3.28. The fourth-order valence-corrected chi connectivity index (χ4v) is 2.32. The van der Waals surface area contributed by atoms with Crippen LogP contribution < -0.4 is 5.32 Å². The summed E-state index contributed by atoms with van der Waals surface area (Å²) in [6.45, 7) is 0.723. The number of carboxylic acids is 1. The first-order valence-electron chi connectivity index (χ1n) is 5.64. The Balaban J connectivity index is 0.00000162. The molecule has 1 fully saturated rings. The van der Waals surface area contributed by atoms with Crippen LogP contribution in [-0.2, 0) is 11.2 Å². The van der Waals surface area contributed by atoms with Crippen LogP contribution in [0.5, 0.6) is 0 Å².